The Balaban J connectivity index is 2.07. The van der Waals surface area contributed by atoms with E-state index >= 15 is 0 Å². The molecule has 1 aromatic carbocycles. The summed E-state index contributed by atoms with van der Waals surface area (Å²) in [5, 5.41) is 0. The number of rotatable bonds is 2. The average Bonchev–Trinajstić information content (AvgIpc) is 2.95. The summed E-state index contributed by atoms with van der Waals surface area (Å²) in [7, 11) is -3.37. The van der Waals surface area contributed by atoms with Gasteiger partial charge in [-0.15, -0.1) is 0 Å². The third kappa shape index (κ3) is 1.81. The second kappa shape index (κ2) is 4.07. The number of hydrogen-bond acceptors (Lipinski definition) is 4. The van der Waals surface area contributed by atoms with Gasteiger partial charge in [0.05, 0.1) is 4.90 Å². The van der Waals surface area contributed by atoms with Gasteiger partial charge in [-0.25, -0.2) is 13.4 Å². The van der Waals surface area contributed by atoms with Crippen LogP contribution in [-0.2, 0) is 10.0 Å². The summed E-state index contributed by atoms with van der Waals surface area (Å²) in [6, 6.07) is 4.83. The number of sulfonamides is 1. The highest BCUT2D eigenvalue weighted by Gasteiger charge is 2.27. The molecule has 1 aliphatic heterocycles. The normalized spacial score (nSPS) is 17.6. The lowest BCUT2D eigenvalue weighted by Crippen LogP contribution is -2.27. The Morgan fingerprint density at radius 1 is 1.28 bits per heavy atom. The second-order valence-electron chi connectivity index (χ2n) is 4.47. The van der Waals surface area contributed by atoms with Crippen molar-refractivity contribution in [1.82, 2.24) is 9.29 Å². The van der Waals surface area contributed by atoms with Crippen LogP contribution in [0.2, 0.25) is 0 Å². The van der Waals surface area contributed by atoms with E-state index in [1.165, 1.54) is 4.31 Å². The van der Waals surface area contributed by atoms with E-state index in [4.69, 9.17) is 4.42 Å². The van der Waals surface area contributed by atoms with E-state index in [9.17, 15) is 8.42 Å². The number of fused-ring (bicyclic) bond motifs is 1. The van der Waals surface area contributed by atoms with E-state index in [0.29, 0.717) is 35.0 Å². The van der Waals surface area contributed by atoms with Crippen LogP contribution < -0.4 is 0 Å². The summed E-state index contributed by atoms with van der Waals surface area (Å²) >= 11 is 0. The predicted molar refractivity (Wildman–Crippen MR) is 66.7 cm³/mol. The van der Waals surface area contributed by atoms with Crippen molar-refractivity contribution in [2.75, 3.05) is 13.1 Å². The molecule has 0 amide bonds. The lowest BCUT2D eigenvalue weighted by Gasteiger charge is -2.15. The van der Waals surface area contributed by atoms with Gasteiger partial charge in [-0.3, -0.25) is 0 Å². The number of aromatic nitrogens is 1. The largest absolute Gasteiger partial charge is 0.441 e. The predicted octanol–water partition coefficient (Wildman–Crippen LogP) is 1.92. The second-order valence-corrected chi connectivity index (χ2v) is 6.41. The highest BCUT2D eigenvalue weighted by molar-refractivity contribution is 7.89. The molecule has 1 aromatic heterocycles. The van der Waals surface area contributed by atoms with Crippen molar-refractivity contribution in [3.8, 4) is 0 Å². The standard InChI is InChI=1S/C12H14N2O3S/c1-9-13-11-8-10(4-5-12(11)17-9)18(15,16)14-6-2-3-7-14/h4-5,8H,2-3,6-7H2,1H3. The Morgan fingerprint density at radius 2 is 2.00 bits per heavy atom. The van der Waals surface area contributed by atoms with E-state index < -0.39 is 10.0 Å². The van der Waals surface area contributed by atoms with Gasteiger partial charge >= 0.3 is 0 Å². The van der Waals surface area contributed by atoms with E-state index in [1.54, 1.807) is 25.1 Å². The van der Waals surface area contributed by atoms with Gasteiger partial charge in [0.2, 0.25) is 10.0 Å². The van der Waals surface area contributed by atoms with Gasteiger partial charge in [-0.2, -0.15) is 4.31 Å². The van der Waals surface area contributed by atoms with Crippen molar-refractivity contribution < 1.29 is 12.8 Å². The molecule has 1 fully saturated rings. The van der Waals surface area contributed by atoms with Crippen molar-refractivity contribution >= 4 is 21.1 Å². The molecule has 1 aliphatic rings. The van der Waals surface area contributed by atoms with Gasteiger partial charge in [-0.1, -0.05) is 0 Å². The van der Waals surface area contributed by atoms with Crippen LogP contribution in [0.1, 0.15) is 18.7 Å². The van der Waals surface area contributed by atoms with Crippen LogP contribution in [0.3, 0.4) is 0 Å². The third-order valence-electron chi connectivity index (χ3n) is 3.17. The summed E-state index contributed by atoms with van der Waals surface area (Å²) in [5.74, 6) is 0.542. The van der Waals surface area contributed by atoms with Gasteiger partial charge in [0.1, 0.15) is 5.52 Å². The minimum absolute atomic E-state index is 0.296. The highest BCUT2D eigenvalue weighted by atomic mass is 32.2. The highest BCUT2D eigenvalue weighted by Crippen LogP contribution is 2.24. The SMILES string of the molecule is Cc1nc2cc(S(=O)(=O)N3CCCC3)ccc2o1. The number of nitrogens with zero attached hydrogens (tertiary/aromatic N) is 2. The molecule has 0 radical (unpaired) electrons. The molecule has 0 N–H and O–H groups in total. The summed E-state index contributed by atoms with van der Waals surface area (Å²) < 4.78 is 31.6. The molecule has 96 valence electrons. The summed E-state index contributed by atoms with van der Waals surface area (Å²) in [4.78, 5) is 4.46. The molecule has 0 saturated carbocycles. The molecule has 6 heteroatoms. The first-order valence-corrected chi connectivity index (χ1v) is 7.39. The quantitative estimate of drug-likeness (QED) is 0.833. The van der Waals surface area contributed by atoms with Gasteiger partial charge in [-0.05, 0) is 31.0 Å². The van der Waals surface area contributed by atoms with Crippen molar-refractivity contribution in [3.05, 3.63) is 24.1 Å². The zero-order valence-corrected chi connectivity index (χ0v) is 10.9. The van der Waals surface area contributed by atoms with E-state index in [2.05, 4.69) is 4.98 Å². The van der Waals surface area contributed by atoms with Gasteiger partial charge in [0.25, 0.3) is 0 Å². The molecular formula is C12H14N2O3S. The monoisotopic (exact) mass is 266 g/mol. The van der Waals surface area contributed by atoms with Crippen LogP contribution in [0.15, 0.2) is 27.5 Å². The third-order valence-corrected chi connectivity index (χ3v) is 5.06. The first-order chi connectivity index (χ1) is 8.57. The molecule has 3 rings (SSSR count). The van der Waals surface area contributed by atoms with Crippen molar-refractivity contribution in [1.29, 1.82) is 0 Å². The summed E-state index contributed by atoms with van der Waals surface area (Å²) in [6.45, 7) is 2.96. The molecular weight excluding hydrogens is 252 g/mol. The van der Waals surface area contributed by atoms with Crippen LogP contribution in [0.4, 0.5) is 0 Å². The zero-order chi connectivity index (χ0) is 12.8. The lowest BCUT2D eigenvalue weighted by molar-refractivity contribution is 0.477. The fourth-order valence-electron chi connectivity index (χ4n) is 2.26. The zero-order valence-electron chi connectivity index (χ0n) is 10.1. The number of benzene rings is 1. The first kappa shape index (κ1) is 11.7. The number of oxazole rings is 1. The summed E-state index contributed by atoms with van der Waals surface area (Å²) in [6.07, 6.45) is 1.87. The Kier molecular flexibility index (Phi) is 2.64. The van der Waals surface area contributed by atoms with E-state index in [-0.39, 0.29) is 0 Å². The minimum Gasteiger partial charge on any atom is -0.441 e. The van der Waals surface area contributed by atoms with Gasteiger partial charge in [0, 0.05) is 20.0 Å². The van der Waals surface area contributed by atoms with Gasteiger partial charge < -0.3 is 4.42 Å². The molecule has 0 spiro atoms. The van der Waals surface area contributed by atoms with Crippen molar-refractivity contribution in [3.63, 3.8) is 0 Å². The molecule has 2 heterocycles. The molecule has 2 aromatic rings. The molecule has 1 saturated heterocycles. The number of hydrogen-bond donors (Lipinski definition) is 0. The van der Waals surface area contributed by atoms with Gasteiger partial charge in [0.15, 0.2) is 11.5 Å². The topological polar surface area (TPSA) is 63.4 Å². The van der Waals surface area contributed by atoms with Crippen molar-refractivity contribution in [2.45, 2.75) is 24.7 Å². The van der Waals surface area contributed by atoms with E-state index in [0.717, 1.165) is 12.8 Å². The maximum atomic E-state index is 12.4. The Morgan fingerprint density at radius 3 is 2.72 bits per heavy atom. The molecule has 0 unspecified atom stereocenters. The van der Waals surface area contributed by atoms with Crippen LogP contribution in [0.5, 0.6) is 0 Å². The fraction of sp³-hybridized carbons (Fsp3) is 0.417. The van der Waals surface area contributed by atoms with Crippen LogP contribution in [0, 0.1) is 6.92 Å². The average molecular weight is 266 g/mol. The Hall–Kier alpha value is -1.40. The molecule has 0 atom stereocenters. The minimum atomic E-state index is -3.37. The molecule has 0 bridgehead atoms. The smallest absolute Gasteiger partial charge is 0.243 e. The molecule has 18 heavy (non-hydrogen) atoms. The van der Waals surface area contributed by atoms with Crippen LogP contribution in [-0.4, -0.2) is 30.8 Å². The maximum Gasteiger partial charge on any atom is 0.243 e. The Labute approximate surface area is 105 Å². The van der Waals surface area contributed by atoms with Crippen LogP contribution >= 0.6 is 0 Å². The lowest BCUT2D eigenvalue weighted by atomic mass is 10.3. The Bertz CT molecular complexity index is 684. The first-order valence-electron chi connectivity index (χ1n) is 5.95. The maximum absolute atomic E-state index is 12.4. The van der Waals surface area contributed by atoms with Crippen LogP contribution in [0.25, 0.3) is 11.1 Å². The fourth-order valence-corrected chi connectivity index (χ4v) is 3.80. The summed E-state index contributed by atoms with van der Waals surface area (Å²) in [5.41, 5.74) is 1.21. The van der Waals surface area contributed by atoms with Crippen molar-refractivity contribution in [2.24, 2.45) is 0 Å². The molecule has 5 nitrogen and oxygen atoms in total. The van der Waals surface area contributed by atoms with E-state index in [1.807, 2.05) is 0 Å². The number of aryl methyl sites for hydroxylation is 1. The molecule has 0 aliphatic carbocycles.